The molecule has 15 heavy (non-hydrogen) atoms. The van der Waals surface area contributed by atoms with Gasteiger partial charge in [0.15, 0.2) is 0 Å². The third-order valence-electron chi connectivity index (χ3n) is 2.69. The molecule has 0 amide bonds. The average molecular weight is 214 g/mol. The van der Waals surface area contributed by atoms with Crippen molar-refractivity contribution in [3.05, 3.63) is 12.2 Å². The first kappa shape index (κ1) is 12.2. The minimum atomic E-state index is -0.688. The zero-order chi connectivity index (χ0) is 11.4. The van der Waals surface area contributed by atoms with Crippen molar-refractivity contribution in [2.24, 2.45) is 5.92 Å². The molecule has 0 radical (unpaired) electrons. The number of hydrogen-bond acceptors (Lipinski definition) is 4. The zero-order valence-electron chi connectivity index (χ0n) is 8.98. The molecule has 0 heterocycles. The molecule has 0 bridgehead atoms. The lowest BCUT2D eigenvalue weighted by molar-refractivity contribution is -0.141. The topological polar surface area (TPSA) is 66.8 Å². The predicted octanol–water partition coefficient (Wildman–Crippen LogP) is 0.628. The van der Waals surface area contributed by atoms with Gasteiger partial charge in [-0.2, -0.15) is 0 Å². The Morgan fingerprint density at radius 1 is 1.40 bits per heavy atom. The molecular weight excluding hydrogens is 196 g/mol. The summed E-state index contributed by atoms with van der Waals surface area (Å²) in [7, 11) is 0. The summed E-state index contributed by atoms with van der Waals surface area (Å²) < 4.78 is 5.00. The molecule has 1 aliphatic rings. The highest BCUT2D eigenvalue weighted by Gasteiger charge is 2.28. The third-order valence-corrected chi connectivity index (χ3v) is 2.69. The molecule has 0 aliphatic heterocycles. The molecule has 3 atom stereocenters. The van der Waals surface area contributed by atoms with E-state index in [1.165, 1.54) is 0 Å². The number of esters is 1. The van der Waals surface area contributed by atoms with Crippen LogP contribution in [0.2, 0.25) is 0 Å². The lowest BCUT2D eigenvalue weighted by Gasteiger charge is -2.29. The van der Waals surface area contributed by atoms with Crippen molar-refractivity contribution in [2.45, 2.75) is 38.4 Å². The Balaban J connectivity index is 2.28. The Kier molecular flexibility index (Phi) is 4.29. The number of carbonyl (C=O) groups excluding carboxylic acids is 1. The summed E-state index contributed by atoms with van der Waals surface area (Å²) in [6, 6.07) is 0. The molecule has 4 heteroatoms. The minimum absolute atomic E-state index is 0.145. The third kappa shape index (κ3) is 3.64. The molecule has 0 aromatic heterocycles. The summed E-state index contributed by atoms with van der Waals surface area (Å²) in [6.45, 7) is 5.38. The maximum Gasteiger partial charge on any atom is 0.333 e. The van der Waals surface area contributed by atoms with Gasteiger partial charge in [0, 0.05) is 5.57 Å². The van der Waals surface area contributed by atoms with E-state index in [1.807, 2.05) is 0 Å². The first-order chi connectivity index (χ1) is 7.00. The first-order valence-corrected chi connectivity index (χ1v) is 5.19. The van der Waals surface area contributed by atoms with E-state index in [9.17, 15) is 15.0 Å². The number of hydrogen-bond donors (Lipinski definition) is 2. The van der Waals surface area contributed by atoms with Crippen molar-refractivity contribution in [3.63, 3.8) is 0 Å². The molecule has 4 nitrogen and oxygen atoms in total. The molecule has 0 aromatic carbocycles. The minimum Gasteiger partial charge on any atom is -0.462 e. The number of aliphatic hydroxyl groups excluding tert-OH is 2. The van der Waals surface area contributed by atoms with Crippen molar-refractivity contribution in [3.8, 4) is 0 Å². The van der Waals surface area contributed by atoms with Crippen molar-refractivity contribution >= 4 is 5.97 Å². The fourth-order valence-corrected chi connectivity index (χ4v) is 1.68. The summed E-state index contributed by atoms with van der Waals surface area (Å²) in [4.78, 5) is 11.1. The van der Waals surface area contributed by atoms with E-state index >= 15 is 0 Å². The van der Waals surface area contributed by atoms with Crippen molar-refractivity contribution in [2.75, 3.05) is 6.61 Å². The number of aliphatic hydroxyl groups is 2. The van der Waals surface area contributed by atoms with E-state index in [0.717, 1.165) is 6.42 Å². The van der Waals surface area contributed by atoms with Crippen molar-refractivity contribution < 1.29 is 19.7 Å². The van der Waals surface area contributed by atoms with Crippen LogP contribution >= 0.6 is 0 Å². The van der Waals surface area contributed by atoms with Crippen LogP contribution in [0.25, 0.3) is 0 Å². The summed E-state index contributed by atoms with van der Waals surface area (Å²) in [5, 5.41) is 18.7. The monoisotopic (exact) mass is 214 g/mol. The molecular formula is C11H18O4. The Morgan fingerprint density at radius 2 is 2.07 bits per heavy atom. The Labute approximate surface area is 89.6 Å². The van der Waals surface area contributed by atoms with Gasteiger partial charge >= 0.3 is 5.97 Å². The van der Waals surface area contributed by atoms with Gasteiger partial charge in [-0.3, -0.25) is 0 Å². The van der Waals surface area contributed by atoms with E-state index in [-0.39, 0.29) is 5.92 Å². The van der Waals surface area contributed by atoms with Gasteiger partial charge in [0.25, 0.3) is 0 Å². The quantitative estimate of drug-likeness (QED) is 0.534. The van der Waals surface area contributed by atoms with E-state index in [0.29, 0.717) is 25.0 Å². The van der Waals surface area contributed by atoms with E-state index in [4.69, 9.17) is 4.74 Å². The van der Waals surface area contributed by atoms with Crippen LogP contribution in [-0.2, 0) is 9.53 Å². The van der Waals surface area contributed by atoms with Crippen LogP contribution in [-0.4, -0.2) is 35.0 Å². The molecule has 0 saturated heterocycles. The standard InChI is InChI=1S/C11H18O4/c1-7(2)11(14)15-6-8-3-4-9(12)10(13)5-8/h8-10,12-13H,1,3-6H2,2H3. The van der Waals surface area contributed by atoms with E-state index in [1.54, 1.807) is 6.92 Å². The average Bonchev–Trinajstić information content (AvgIpc) is 2.19. The van der Waals surface area contributed by atoms with Crippen molar-refractivity contribution in [1.82, 2.24) is 0 Å². The van der Waals surface area contributed by atoms with Gasteiger partial charge < -0.3 is 14.9 Å². The lowest BCUT2D eigenvalue weighted by Crippen LogP contribution is -2.35. The van der Waals surface area contributed by atoms with Gasteiger partial charge in [0.1, 0.15) is 0 Å². The van der Waals surface area contributed by atoms with Gasteiger partial charge in [-0.25, -0.2) is 4.79 Å². The number of ether oxygens (including phenoxy) is 1. The molecule has 1 fully saturated rings. The molecule has 0 spiro atoms. The van der Waals surface area contributed by atoms with Gasteiger partial charge in [-0.1, -0.05) is 6.58 Å². The van der Waals surface area contributed by atoms with Crippen LogP contribution in [0.1, 0.15) is 26.2 Å². The van der Waals surface area contributed by atoms with Gasteiger partial charge in [-0.15, -0.1) is 0 Å². The number of rotatable bonds is 3. The van der Waals surface area contributed by atoms with Crippen LogP contribution in [0.4, 0.5) is 0 Å². The van der Waals surface area contributed by atoms with Gasteiger partial charge in [0.2, 0.25) is 0 Å². The Hall–Kier alpha value is -0.870. The molecule has 3 unspecified atom stereocenters. The predicted molar refractivity (Wildman–Crippen MR) is 55.1 cm³/mol. The van der Waals surface area contributed by atoms with Gasteiger partial charge in [-0.05, 0) is 32.1 Å². The van der Waals surface area contributed by atoms with E-state index < -0.39 is 18.2 Å². The maximum absolute atomic E-state index is 11.1. The zero-order valence-corrected chi connectivity index (χ0v) is 8.98. The molecule has 1 rings (SSSR count). The normalized spacial score (nSPS) is 31.0. The fraction of sp³-hybridized carbons (Fsp3) is 0.727. The lowest BCUT2D eigenvalue weighted by atomic mass is 9.86. The maximum atomic E-state index is 11.1. The highest BCUT2D eigenvalue weighted by atomic mass is 16.5. The van der Waals surface area contributed by atoms with Crippen LogP contribution in [0.15, 0.2) is 12.2 Å². The molecule has 86 valence electrons. The Morgan fingerprint density at radius 3 is 2.60 bits per heavy atom. The SMILES string of the molecule is C=C(C)C(=O)OCC1CCC(O)C(O)C1. The molecule has 2 N–H and O–H groups in total. The first-order valence-electron chi connectivity index (χ1n) is 5.19. The highest BCUT2D eigenvalue weighted by molar-refractivity contribution is 5.86. The second-order valence-corrected chi connectivity index (χ2v) is 4.19. The second kappa shape index (κ2) is 5.28. The van der Waals surface area contributed by atoms with Crippen LogP contribution in [0, 0.1) is 5.92 Å². The summed E-state index contributed by atoms with van der Waals surface area (Å²) in [5.41, 5.74) is 0.381. The van der Waals surface area contributed by atoms with Crippen LogP contribution in [0.5, 0.6) is 0 Å². The van der Waals surface area contributed by atoms with Crippen LogP contribution in [0.3, 0.4) is 0 Å². The van der Waals surface area contributed by atoms with E-state index in [2.05, 4.69) is 6.58 Å². The molecule has 0 aromatic rings. The second-order valence-electron chi connectivity index (χ2n) is 4.19. The van der Waals surface area contributed by atoms with Crippen molar-refractivity contribution in [1.29, 1.82) is 0 Å². The van der Waals surface area contributed by atoms with Crippen LogP contribution < -0.4 is 0 Å². The Bertz CT molecular complexity index is 249. The molecule has 1 saturated carbocycles. The summed E-state index contributed by atoms with van der Waals surface area (Å²) in [5.74, 6) is -0.248. The largest absolute Gasteiger partial charge is 0.462 e. The van der Waals surface area contributed by atoms with Gasteiger partial charge in [0.05, 0.1) is 18.8 Å². The molecule has 1 aliphatic carbocycles. The smallest absolute Gasteiger partial charge is 0.333 e. The highest BCUT2D eigenvalue weighted by Crippen LogP contribution is 2.25. The fourth-order valence-electron chi connectivity index (χ4n) is 1.68. The summed E-state index contributed by atoms with van der Waals surface area (Å²) >= 11 is 0. The number of carbonyl (C=O) groups is 1. The summed E-state index contributed by atoms with van der Waals surface area (Å²) in [6.07, 6.45) is 0.522.